The molecule has 0 bridgehead atoms. The highest BCUT2D eigenvalue weighted by Gasteiger charge is 2.10. The normalized spacial score (nSPS) is 13.0. The first kappa shape index (κ1) is 13.8. The minimum atomic E-state index is -0.307. The van der Waals surface area contributed by atoms with E-state index in [9.17, 15) is 4.79 Å². The quantitative estimate of drug-likeness (QED) is 0.773. The van der Waals surface area contributed by atoms with Gasteiger partial charge in [-0.25, -0.2) is 4.79 Å². The Hall–Kier alpha value is -2.20. The third-order valence-corrected chi connectivity index (χ3v) is 3.76. The van der Waals surface area contributed by atoms with Gasteiger partial charge < -0.3 is 16.0 Å². The summed E-state index contributed by atoms with van der Waals surface area (Å²) in [5.41, 5.74) is 3.73. The minimum absolute atomic E-state index is 0.307. The van der Waals surface area contributed by atoms with Crippen molar-refractivity contribution in [1.29, 1.82) is 0 Å². The molecule has 2 amide bonds. The highest BCUT2D eigenvalue weighted by atomic mass is 35.5. The van der Waals surface area contributed by atoms with E-state index in [1.807, 2.05) is 30.3 Å². The smallest absolute Gasteiger partial charge is 0.323 e. The van der Waals surface area contributed by atoms with Gasteiger partial charge in [0, 0.05) is 17.9 Å². The van der Waals surface area contributed by atoms with Crippen LogP contribution in [0.4, 0.5) is 21.9 Å². The molecule has 108 valence electrons. The molecule has 0 radical (unpaired) electrons. The molecule has 0 fully saturated rings. The van der Waals surface area contributed by atoms with Crippen LogP contribution in [-0.2, 0) is 6.42 Å². The van der Waals surface area contributed by atoms with Crippen molar-refractivity contribution < 1.29 is 4.79 Å². The lowest BCUT2D eigenvalue weighted by molar-refractivity contribution is 0.262. The number of rotatable bonds is 2. The summed E-state index contributed by atoms with van der Waals surface area (Å²) in [6, 6.07) is 12.8. The van der Waals surface area contributed by atoms with Gasteiger partial charge in [0.2, 0.25) is 0 Å². The van der Waals surface area contributed by atoms with E-state index in [1.54, 1.807) is 12.1 Å². The molecule has 0 aromatic heterocycles. The summed E-state index contributed by atoms with van der Waals surface area (Å²) in [6.45, 7) is 0.974. The molecular formula is C16H16ClN3O. The number of urea groups is 1. The van der Waals surface area contributed by atoms with Gasteiger partial charge >= 0.3 is 6.03 Å². The van der Waals surface area contributed by atoms with Crippen LogP contribution < -0.4 is 16.0 Å². The van der Waals surface area contributed by atoms with E-state index in [2.05, 4.69) is 16.0 Å². The van der Waals surface area contributed by atoms with Crippen molar-refractivity contribution in [3.8, 4) is 0 Å². The first-order chi connectivity index (χ1) is 10.2. The number of carbonyl (C=O) groups is 1. The van der Waals surface area contributed by atoms with E-state index < -0.39 is 0 Å². The third-order valence-electron chi connectivity index (χ3n) is 3.43. The van der Waals surface area contributed by atoms with Gasteiger partial charge in [-0.1, -0.05) is 29.8 Å². The average Bonchev–Trinajstić information content (AvgIpc) is 2.49. The maximum absolute atomic E-state index is 12.0. The van der Waals surface area contributed by atoms with E-state index in [1.165, 1.54) is 5.56 Å². The fourth-order valence-electron chi connectivity index (χ4n) is 2.39. The zero-order chi connectivity index (χ0) is 14.7. The van der Waals surface area contributed by atoms with Crippen LogP contribution in [0.25, 0.3) is 0 Å². The molecule has 0 spiro atoms. The zero-order valence-corrected chi connectivity index (χ0v) is 12.2. The molecule has 1 heterocycles. The van der Waals surface area contributed by atoms with E-state index in [0.29, 0.717) is 10.7 Å². The Balaban J connectivity index is 1.69. The standard InChI is InChI=1S/C16H16ClN3O/c17-13-5-1-2-6-14(13)20-16(21)19-12-8-7-11-4-3-9-18-15(11)10-12/h1-2,5-8,10,18H,3-4,9H2,(H2,19,20,21). The second-order valence-corrected chi connectivity index (χ2v) is 5.37. The SMILES string of the molecule is O=C(Nc1ccc2c(c1)NCCC2)Nc1ccccc1Cl. The average molecular weight is 302 g/mol. The molecule has 0 saturated heterocycles. The number of carbonyl (C=O) groups excluding carboxylic acids is 1. The van der Waals surface area contributed by atoms with Gasteiger partial charge in [-0.3, -0.25) is 0 Å². The highest BCUT2D eigenvalue weighted by molar-refractivity contribution is 6.33. The van der Waals surface area contributed by atoms with E-state index in [0.717, 1.165) is 30.8 Å². The van der Waals surface area contributed by atoms with Crippen molar-refractivity contribution in [2.75, 3.05) is 22.5 Å². The molecule has 0 unspecified atom stereocenters. The molecule has 5 heteroatoms. The van der Waals surface area contributed by atoms with Crippen LogP contribution in [0.1, 0.15) is 12.0 Å². The molecule has 21 heavy (non-hydrogen) atoms. The van der Waals surface area contributed by atoms with Crippen LogP contribution in [0.15, 0.2) is 42.5 Å². The van der Waals surface area contributed by atoms with Crippen molar-refractivity contribution in [2.45, 2.75) is 12.8 Å². The number of para-hydroxylation sites is 1. The molecule has 4 nitrogen and oxygen atoms in total. The number of hydrogen-bond donors (Lipinski definition) is 3. The van der Waals surface area contributed by atoms with Crippen LogP contribution in [0, 0.1) is 0 Å². The van der Waals surface area contributed by atoms with Crippen molar-refractivity contribution in [3.05, 3.63) is 53.1 Å². The largest absolute Gasteiger partial charge is 0.385 e. The van der Waals surface area contributed by atoms with Gasteiger partial charge in [-0.2, -0.15) is 0 Å². The fourth-order valence-corrected chi connectivity index (χ4v) is 2.57. The number of fused-ring (bicyclic) bond motifs is 1. The number of nitrogens with one attached hydrogen (secondary N) is 3. The summed E-state index contributed by atoms with van der Waals surface area (Å²) in [4.78, 5) is 12.0. The lowest BCUT2D eigenvalue weighted by Crippen LogP contribution is -2.20. The van der Waals surface area contributed by atoms with E-state index >= 15 is 0 Å². The van der Waals surface area contributed by atoms with E-state index in [4.69, 9.17) is 11.6 Å². The van der Waals surface area contributed by atoms with Crippen LogP contribution in [0.3, 0.4) is 0 Å². The second-order valence-electron chi connectivity index (χ2n) is 4.96. The highest BCUT2D eigenvalue weighted by Crippen LogP contribution is 2.26. The number of halogens is 1. The maximum Gasteiger partial charge on any atom is 0.323 e. The van der Waals surface area contributed by atoms with Crippen molar-refractivity contribution in [2.24, 2.45) is 0 Å². The summed E-state index contributed by atoms with van der Waals surface area (Å²) in [7, 11) is 0. The molecular weight excluding hydrogens is 286 g/mol. The number of amides is 2. The molecule has 1 aliphatic rings. The van der Waals surface area contributed by atoms with Crippen molar-refractivity contribution in [1.82, 2.24) is 0 Å². The summed E-state index contributed by atoms with van der Waals surface area (Å²) in [6.07, 6.45) is 2.22. The molecule has 1 aliphatic heterocycles. The van der Waals surface area contributed by atoms with Gasteiger partial charge in [0.1, 0.15) is 0 Å². The number of hydrogen-bond acceptors (Lipinski definition) is 2. The van der Waals surface area contributed by atoms with Gasteiger partial charge in [0.05, 0.1) is 10.7 Å². The Morgan fingerprint density at radius 1 is 1.14 bits per heavy atom. The fraction of sp³-hybridized carbons (Fsp3) is 0.188. The predicted molar refractivity (Wildman–Crippen MR) is 87.3 cm³/mol. The Labute approximate surface area is 128 Å². The van der Waals surface area contributed by atoms with Crippen molar-refractivity contribution >= 4 is 34.7 Å². The second kappa shape index (κ2) is 6.06. The molecule has 2 aromatic rings. The Kier molecular flexibility index (Phi) is 3.97. The third kappa shape index (κ3) is 3.28. The molecule has 0 atom stereocenters. The summed E-state index contributed by atoms with van der Waals surface area (Å²) in [5, 5.41) is 9.41. The number of anilines is 3. The summed E-state index contributed by atoms with van der Waals surface area (Å²) >= 11 is 6.01. The minimum Gasteiger partial charge on any atom is -0.385 e. The van der Waals surface area contributed by atoms with Crippen LogP contribution in [0.2, 0.25) is 5.02 Å². The molecule has 0 aliphatic carbocycles. The lowest BCUT2D eigenvalue weighted by Gasteiger charge is -2.19. The molecule has 3 N–H and O–H groups in total. The molecule has 0 saturated carbocycles. The predicted octanol–water partition coefficient (Wildman–Crippen LogP) is 4.34. The Bertz CT molecular complexity index is 672. The first-order valence-corrected chi connectivity index (χ1v) is 7.29. The summed E-state index contributed by atoms with van der Waals surface area (Å²) < 4.78 is 0. The van der Waals surface area contributed by atoms with E-state index in [-0.39, 0.29) is 6.03 Å². The first-order valence-electron chi connectivity index (χ1n) is 6.92. The molecule has 2 aromatic carbocycles. The van der Waals surface area contributed by atoms with Crippen LogP contribution >= 0.6 is 11.6 Å². The number of benzene rings is 2. The van der Waals surface area contributed by atoms with Gasteiger partial charge in [-0.15, -0.1) is 0 Å². The zero-order valence-electron chi connectivity index (χ0n) is 11.4. The molecule has 3 rings (SSSR count). The Morgan fingerprint density at radius 2 is 2.00 bits per heavy atom. The Morgan fingerprint density at radius 3 is 2.86 bits per heavy atom. The van der Waals surface area contributed by atoms with Crippen molar-refractivity contribution in [3.63, 3.8) is 0 Å². The monoisotopic (exact) mass is 301 g/mol. The lowest BCUT2D eigenvalue weighted by atomic mass is 10.0. The van der Waals surface area contributed by atoms with Gasteiger partial charge in [-0.05, 0) is 42.7 Å². The topological polar surface area (TPSA) is 53.2 Å². The van der Waals surface area contributed by atoms with Gasteiger partial charge in [0.15, 0.2) is 0 Å². The van der Waals surface area contributed by atoms with Crippen LogP contribution in [-0.4, -0.2) is 12.6 Å². The number of aryl methyl sites for hydroxylation is 1. The maximum atomic E-state index is 12.0. The van der Waals surface area contributed by atoms with Gasteiger partial charge in [0.25, 0.3) is 0 Å². The van der Waals surface area contributed by atoms with Crippen LogP contribution in [0.5, 0.6) is 0 Å². The summed E-state index contributed by atoms with van der Waals surface area (Å²) in [5.74, 6) is 0.